The van der Waals surface area contributed by atoms with Gasteiger partial charge in [-0.05, 0) is 39.0 Å². The number of methoxy groups -OCH3 is 1. The van der Waals surface area contributed by atoms with Crippen LogP contribution >= 0.6 is 0 Å². The standard InChI is InChI=1S/C27H35F3N4O4/c1-15-6-5-7-22(15)34-9-8-20(17(13-34)25(35)32-27(2,3)14-37-4)31-26(36)21-12-23(38-33-21)24-18(29)10-16(28)11-19(24)30/h10-12,15,17,20,22H,5-9,13-14H2,1-4H3,(H,31,36)(H,32,35)/t15-,17-,20-,22-/m1/s1. The van der Waals surface area contributed by atoms with Crippen LogP contribution < -0.4 is 10.6 Å². The number of benzene rings is 1. The number of nitrogens with zero attached hydrogens (tertiary/aromatic N) is 2. The number of halogens is 3. The number of likely N-dealkylation sites (tertiary alicyclic amines) is 1. The molecule has 2 N–H and O–H groups in total. The second-order valence-electron chi connectivity index (χ2n) is 11.1. The summed E-state index contributed by atoms with van der Waals surface area (Å²) in [6, 6.07) is 2.05. The van der Waals surface area contributed by atoms with Crippen LogP contribution in [0.5, 0.6) is 0 Å². The van der Waals surface area contributed by atoms with Gasteiger partial charge in [0.15, 0.2) is 11.5 Å². The molecule has 1 saturated heterocycles. The molecule has 8 nitrogen and oxygen atoms in total. The molecule has 2 fully saturated rings. The molecule has 1 aliphatic carbocycles. The number of hydrogen-bond acceptors (Lipinski definition) is 6. The molecule has 2 aromatic rings. The first-order valence-electron chi connectivity index (χ1n) is 13.0. The molecule has 1 aromatic heterocycles. The predicted octanol–water partition coefficient (Wildman–Crippen LogP) is 3.91. The molecule has 0 bridgehead atoms. The smallest absolute Gasteiger partial charge is 0.273 e. The summed E-state index contributed by atoms with van der Waals surface area (Å²) in [5.41, 5.74) is -1.42. The van der Waals surface area contributed by atoms with Crippen molar-refractivity contribution in [3.8, 4) is 11.3 Å². The van der Waals surface area contributed by atoms with Crippen molar-refractivity contribution >= 4 is 11.8 Å². The fourth-order valence-corrected chi connectivity index (χ4v) is 5.73. The fourth-order valence-electron chi connectivity index (χ4n) is 5.73. The first kappa shape index (κ1) is 28.1. The van der Waals surface area contributed by atoms with Crippen molar-refractivity contribution in [2.45, 2.75) is 64.1 Å². The zero-order valence-corrected chi connectivity index (χ0v) is 22.2. The molecule has 2 aliphatic rings. The van der Waals surface area contributed by atoms with Crippen LogP contribution in [0.25, 0.3) is 11.3 Å². The second kappa shape index (κ2) is 11.4. The van der Waals surface area contributed by atoms with Crippen molar-refractivity contribution in [2.75, 3.05) is 26.8 Å². The molecular weight excluding hydrogens is 501 g/mol. The van der Waals surface area contributed by atoms with Crippen LogP contribution in [0.15, 0.2) is 22.7 Å². The van der Waals surface area contributed by atoms with Gasteiger partial charge in [0.25, 0.3) is 5.91 Å². The molecule has 38 heavy (non-hydrogen) atoms. The molecule has 0 spiro atoms. The van der Waals surface area contributed by atoms with E-state index in [4.69, 9.17) is 9.26 Å². The average Bonchev–Trinajstić information content (AvgIpc) is 3.48. The van der Waals surface area contributed by atoms with Gasteiger partial charge in [-0.3, -0.25) is 14.5 Å². The van der Waals surface area contributed by atoms with Crippen LogP contribution in [0, 0.1) is 29.3 Å². The van der Waals surface area contributed by atoms with Gasteiger partial charge in [-0.2, -0.15) is 0 Å². The third kappa shape index (κ3) is 6.20. The monoisotopic (exact) mass is 536 g/mol. The Morgan fingerprint density at radius 3 is 2.50 bits per heavy atom. The maximum absolute atomic E-state index is 14.2. The Morgan fingerprint density at radius 1 is 1.16 bits per heavy atom. The Hall–Kier alpha value is -2.92. The summed E-state index contributed by atoms with van der Waals surface area (Å²) in [5.74, 6) is -4.58. The SMILES string of the molecule is COCC(C)(C)NC(=O)[C@@H]1CN([C@@H]2CCC[C@H]2C)CC[C@H]1NC(=O)c1cc(-c2c(F)cc(F)cc2F)on1. The maximum atomic E-state index is 14.2. The number of carbonyl (C=O) groups excluding carboxylic acids is 2. The Labute approximate surface area is 220 Å². The molecule has 1 saturated carbocycles. The molecule has 208 valence electrons. The fraction of sp³-hybridized carbons (Fsp3) is 0.593. The van der Waals surface area contributed by atoms with Gasteiger partial charge in [0.2, 0.25) is 5.91 Å². The zero-order chi connectivity index (χ0) is 27.6. The number of aromatic nitrogens is 1. The van der Waals surface area contributed by atoms with Gasteiger partial charge < -0.3 is 19.9 Å². The molecule has 0 radical (unpaired) electrons. The summed E-state index contributed by atoms with van der Waals surface area (Å²) >= 11 is 0. The predicted molar refractivity (Wildman–Crippen MR) is 134 cm³/mol. The topological polar surface area (TPSA) is 96.7 Å². The highest BCUT2D eigenvalue weighted by molar-refractivity contribution is 5.94. The third-order valence-electron chi connectivity index (χ3n) is 7.55. The van der Waals surface area contributed by atoms with E-state index in [0.29, 0.717) is 43.7 Å². The average molecular weight is 537 g/mol. The van der Waals surface area contributed by atoms with Crippen molar-refractivity contribution in [2.24, 2.45) is 11.8 Å². The minimum Gasteiger partial charge on any atom is -0.382 e. The Morgan fingerprint density at radius 2 is 1.87 bits per heavy atom. The van der Waals surface area contributed by atoms with Crippen molar-refractivity contribution in [1.29, 1.82) is 0 Å². The van der Waals surface area contributed by atoms with E-state index in [1.165, 1.54) is 0 Å². The first-order chi connectivity index (χ1) is 18.0. The Balaban J connectivity index is 1.52. The summed E-state index contributed by atoms with van der Waals surface area (Å²) < 4.78 is 51.9. The number of hydrogen-bond donors (Lipinski definition) is 2. The van der Waals surface area contributed by atoms with Gasteiger partial charge >= 0.3 is 0 Å². The van der Waals surface area contributed by atoms with E-state index >= 15 is 0 Å². The van der Waals surface area contributed by atoms with Crippen molar-refractivity contribution in [3.05, 3.63) is 41.3 Å². The van der Waals surface area contributed by atoms with Crippen LogP contribution in [0.2, 0.25) is 0 Å². The Kier molecular flexibility index (Phi) is 8.46. The van der Waals surface area contributed by atoms with Crippen molar-refractivity contribution in [3.63, 3.8) is 0 Å². The summed E-state index contributed by atoms with van der Waals surface area (Å²) in [6.45, 7) is 7.51. The normalized spacial score (nSPS) is 24.4. The third-order valence-corrected chi connectivity index (χ3v) is 7.55. The van der Waals surface area contributed by atoms with Crippen LogP contribution in [0.3, 0.4) is 0 Å². The van der Waals surface area contributed by atoms with Gasteiger partial charge in [-0.1, -0.05) is 18.5 Å². The summed E-state index contributed by atoms with van der Waals surface area (Å²) in [7, 11) is 1.57. The lowest BCUT2D eigenvalue weighted by Gasteiger charge is -2.43. The van der Waals surface area contributed by atoms with Crippen LogP contribution in [-0.2, 0) is 9.53 Å². The van der Waals surface area contributed by atoms with E-state index in [2.05, 4.69) is 27.6 Å². The minimum atomic E-state index is -1.17. The lowest BCUT2D eigenvalue weighted by molar-refractivity contribution is -0.130. The number of carbonyl (C=O) groups is 2. The van der Waals surface area contributed by atoms with E-state index < -0.39 is 46.4 Å². The van der Waals surface area contributed by atoms with Gasteiger partial charge in [0.1, 0.15) is 17.5 Å². The van der Waals surface area contributed by atoms with Gasteiger partial charge in [0.05, 0.1) is 23.6 Å². The molecule has 4 atom stereocenters. The summed E-state index contributed by atoms with van der Waals surface area (Å²) in [5, 5.41) is 9.59. The highest BCUT2D eigenvalue weighted by atomic mass is 19.1. The molecule has 2 heterocycles. The van der Waals surface area contributed by atoms with Crippen LogP contribution in [0.4, 0.5) is 13.2 Å². The number of rotatable bonds is 8. The molecule has 0 unspecified atom stereocenters. The maximum Gasteiger partial charge on any atom is 0.273 e. The molecule has 2 amide bonds. The van der Waals surface area contributed by atoms with Crippen LogP contribution in [-0.4, -0.2) is 66.3 Å². The molecule has 11 heteroatoms. The molecule has 1 aliphatic heterocycles. The number of nitrogens with one attached hydrogen (secondary N) is 2. The van der Waals surface area contributed by atoms with Crippen LogP contribution in [0.1, 0.15) is 56.9 Å². The quantitative estimate of drug-likeness (QED) is 0.531. The van der Waals surface area contributed by atoms with Gasteiger partial charge in [-0.15, -0.1) is 0 Å². The second-order valence-corrected chi connectivity index (χ2v) is 11.1. The van der Waals surface area contributed by atoms with E-state index in [-0.39, 0.29) is 17.4 Å². The number of amides is 2. The molecule has 4 rings (SSSR count). The largest absolute Gasteiger partial charge is 0.382 e. The van der Waals surface area contributed by atoms with E-state index in [0.717, 1.165) is 31.9 Å². The Bertz CT molecular complexity index is 1150. The van der Waals surface area contributed by atoms with E-state index in [1.807, 2.05) is 13.8 Å². The molecule has 1 aromatic carbocycles. The first-order valence-corrected chi connectivity index (χ1v) is 13.0. The number of ether oxygens (including phenoxy) is 1. The van der Waals surface area contributed by atoms with Crippen molar-refractivity contribution in [1.82, 2.24) is 20.7 Å². The summed E-state index contributed by atoms with van der Waals surface area (Å²) in [6.07, 6.45) is 3.94. The lowest BCUT2D eigenvalue weighted by Crippen LogP contribution is -2.60. The van der Waals surface area contributed by atoms with E-state index in [1.54, 1.807) is 7.11 Å². The molecular formula is C27H35F3N4O4. The zero-order valence-electron chi connectivity index (χ0n) is 22.2. The minimum absolute atomic E-state index is 0.191. The number of piperidine rings is 1. The highest BCUT2D eigenvalue weighted by Gasteiger charge is 2.41. The highest BCUT2D eigenvalue weighted by Crippen LogP contribution is 2.33. The van der Waals surface area contributed by atoms with E-state index in [9.17, 15) is 22.8 Å². The van der Waals surface area contributed by atoms with Gasteiger partial charge in [0, 0.05) is 50.5 Å². The lowest BCUT2D eigenvalue weighted by atomic mass is 9.88. The summed E-state index contributed by atoms with van der Waals surface area (Å²) in [4.78, 5) is 28.9. The van der Waals surface area contributed by atoms with Gasteiger partial charge in [-0.25, -0.2) is 13.2 Å². The van der Waals surface area contributed by atoms with Crippen molar-refractivity contribution < 1.29 is 32.0 Å².